The highest BCUT2D eigenvalue weighted by Gasteiger charge is 2.38. The van der Waals surface area contributed by atoms with Crippen LogP contribution in [0.5, 0.6) is 0 Å². The van der Waals surface area contributed by atoms with Crippen LogP contribution in [0.1, 0.15) is 50.2 Å². The smallest absolute Gasteiger partial charge is 0.378 e. The molecule has 0 aromatic carbocycles. The molecule has 1 unspecified atom stereocenters. The van der Waals surface area contributed by atoms with Crippen LogP contribution >= 0.6 is 0 Å². The number of hydroxylamine groups is 1. The molecule has 1 aliphatic heterocycles. The third-order valence-corrected chi connectivity index (χ3v) is 9.22. The summed E-state index contributed by atoms with van der Waals surface area (Å²) in [6, 6.07) is 0.121. The van der Waals surface area contributed by atoms with E-state index in [4.69, 9.17) is 9.57 Å². The molecule has 3 heterocycles. The van der Waals surface area contributed by atoms with Crippen LogP contribution in [-0.4, -0.2) is 66.1 Å². The van der Waals surface area contributed by atoms with Crippen LogP contribution in [0.15, 0.2) is 35.0 Å². The zero-order valence-corrected chi connectivity index (χ0v) is 26.9. The predicted octanol–water partition coefficient (Wildman–Crippen LogP) is 4.56. The second kappa shape index (κ2) is 14.2. The van der Waals surface area contributed by atoms with Gasteiger partial charge in [-0.1, -0.05) is 38.2 Å². The molecule has 4 rings (SSSR count). The third-order valence-electron chi connectivity index (χ3n) is 7.51. The Kier molecular flexibility index (Phi) is 10.8. The van der Waals surface area contributed by atoms with Crippen LogP contribution in [0.2, 0.25) is 25.7 Å². The fourth-order valence-corrected chi connectivity index (χ4v) is 5.51. The van der Waals surface area contributed by atoms with Gasteiger partial charge in [-0.3, -0.25) is 14.4 Å². The molecule has 2 aromatic rings. The van der Waals surface area contributed by atoms with Gasteiger partial charge in [0, 0.05) is 46.2 Å². The van der Waals surface area contributed by atoms with Gasteiger partial charge >= 0.3 is 6.18 Å². The molecule has 2 atom stereocenters. The van der Waals surface area contributed by atoms with E-state index in [-0.39, 0.29) is 31.6 Å². The SMILES string of the molecule is CC1CN(c2ncc(C3CC3)cn2)CC=C1CC(=O)NOC[C@H](C)Nc1cnn(COCC[Si](C)(C)C)c(=O)c1C(F)(F)F. The molecule has 0 radical (unpaired) electrons. The van der Waals surface area contributed by atoms with Gasteiger partial charge in [0.1, 0.15) is 12.3 Å². The van der Waals surface area contributed by atoms with E-state index in [1.807, 2.05) is 25.4 Å². The van der Waals surface area contributed by atoms with Gasteiger partial charge in [-0.25, -0.2) is 20.1 Å². The molecule has 2 aromatic heterocycles. The van der Waals surface area contributed by atoms with E-state index in [2.05, 4.69) is 50.4 Å². The van der Waals surface area contributed by atoms with Crippen molar-refractivity contribution >= 4 is 25.6 Å². The maximum absolute atomic E-state index is 13.8. The summed E-state index contributed by atoms with van der Waals surface area (Å²) in [4.78, 5) is 41.5. The summed E-state index contributed by atoms with van der Waals surface area (Å²) < 4.78 is 47.6. The highest BCUT2D eigenvalue weighted by molar-refractivity contribution is 6.76. The molecule has 44 heavy (non-hydrogen) atoms. The average Bonchev–Trinajstić information content (AvgIpc) is 3.78. The fourth-order valence-electron chi connectivity index (χ4n) is 4.75. The molecular weight excluding hydrogens is 595 g/mol. The number of hydrogen-bond acceptors (Lipinski definition) is 9. The van der Waals surface area contributed by atoms with Gasteiger partial charge in [-0.05, 0) is 43.2 Å². The first-order valence-electron chi connectivity index (χ1n) is 14.9. The highest BCUT2D eigenvalue weighted by Crippen LogP contribution is 2.39. The Bertz CT molecular complexity index is 1370. The highest BCUT2D eigenvalue weighted by atomic mass is 28.3. The Morgan fingerprint density at radius 1 is 1.18 bits per heavy atom. The largest absolute Gasteiger partial charge is 0.423 e. The van der Waals surface area contributed by atoms with Crippen molar-refractivity contribution in [2.24, 2.45) is 5.92 Å². The molecule has 0 saturated heterocycles. The molecule has 15 heteroatoms. The molecule has 0 bridgehead atoms. The van der Waals surface area contributed by atoms with Crippen LogP contribution < -0.4 is 21.3 Å². The average molecular weight is 638 g/mol. The normalized spacial score (nSPS) is 18.1. The number of rotatable bonds is 14. The monoisotopic (exact) mass is 637 g/mol. The first-order chi connectivity index (χ1) is 20.7. The summed E-state index contributed by atoms with van der Waals surface area (Å²) in [6.45, 7) is 11.1. The van der Waals surface area contributed by atoms with Crippen LogP contribution in [0, 0.1) is 5.92 Å². The Morgan fingerprint density at radius 2 is 1.89 bits per heavy atom. The van der Waals surface area contributed by atoms with E-state index in [1.54, 1.807) is 6.92 Å². The lowest BCUT2D eigenvalue weighted by Crippen LogP contribution is -2.37. The number of anilines is 2. The minimum absolute atomic E-state index is 0.0861. The number of hydrogen-bond donors (Lipinski definition) is 2. The van der Waals surface area contributed by atoms with Gasteiger partial charge in [0.2, 0.25) is 11.9 Å². The van der Waals surface area contributed by atoms with Gasteiger partial charge in [0.25, 0.3) is 5.56 Å². The van der Waals surface area contributed by atoms with Gasteiger partial charge in [-0.2, -0.15) is 18.3 Å². The van der Waals surface area contributed by atoms with Gasteiger partial charge in [-0.15, -0.1) is 0 Å². The van der Waals surface area contributed by atoms with Crippen molar-refractivity contribution in [1.29, 1.82) is 0 Å². The molecule has 11 nitrogen and oxygen atoms in total. The molecule has 1 aliphatic carbocycles. The maximum atomic E-state index is 13.8. The summed E-state index contributed by atoms with van der Waals surface area (Å²) >= 11 is 0. The molecule has 2 N–H and O–H groups in total. The van der Waals surface area contributed by atoms with Crippen LogP contribution in [0.3, 0.4) is 0 Å². The van der Waals surface area contributed by atoms with Gasteiger partial charge in [0.15, 0.2) is 0 Å². The van der Waals surface area contributed by atoms with Crippen LogP contribution in [0.4, 0.5) is 24.8 Å². The number of carbonyl (C=O) groups is 1. The van der Waals surface area contributed by atoms with Crippen molar-refractivity contribution in [2.45, 2.75) is 83.7 Å². The first-order valence-corrected chi connectivity index (χ1v) is 18.6. The fraction of sp³-hybridized carbons (Fsp3) is 0.621. The summed E-state index contributed by atoms with van der Waals surface area (Å²) in [5.74, 6) is 0.972. The second-order valence-electron chi connectivity index (χ2n) is 12.8. The molecule has 1 amide bonds. The molecular formula is C29H42F3N7O4Si. The molecule has 0 spiro atoms. The van der Waals surface area contributed by atoms with E-state index < -0.39 is 37.1 Å². The number of aromatic nitrogens is 4. The lowest BCUT2D eigenvalue weighted by molar-refractivity contribution is -0.138. The molecule has 2 aliphatic rings. The molecule has 1 saturated carbocycles. The van der Waals surface area contributed by atoms with E-state index in [0.717, 1.165) is 17.8 Å². The quantitative estimate of drug-likeness (QED) is 0.133. The summed E-state index contributed by atoms with van der Waals surface area (Å²) in [5.41, 5.74) is 1.35. The van der Waals surface area contributed by atoms with E-state index in [1.165, 1.54) is 18.4 Å². The number of carbonyl (C=O) groups excluding carboxylic acids is 1. The third kappa shape index (κ3) is 9.60. The number of nitrogens with one attached hydrogen (secondary N) is 2. The van der Waals surface area contributed by atoms with E-state index in [0.29, 0.717) is 36.2 Å². The predicted molar refractivity (Wildman–Crippen MR) is 163 cm³/mol. The van der Waals surface area contributed by atoms with Crippen molar-refractivity contribution in [1.82, 2.24) is 25.2 Å². The number of alkyl halides is 3. The minimum Gasteiger partial charge on any atom is -0.378 e. The number of halogens is 3. The van der Waals surface area contributed by atoms with Crippen LogP contribution in [0.25, 0.3) is 0 Å². The topological polar surface area (TPSA) is 124 Å². The maximum Gasteiger partial charge on any atom is 0.423 e. The van der Waals surface area contributed by atoms with Crippen molar-refractivity contribution < 1.29 is 27.5 Å². The Balaban J connectivity index is 1.25. The Hall–Kier alpha value is -3.30. The van der Waals surface area contributed by atoms with Crippen molar-refractivity contribution in [3.63, 3.8) is 0 Å². The molecule has 242 valence electrons. The van der Waals surface area contributed by atoms with E-state index >= 15 is 0 Å². The number of ether oxygens (including phenoxy) is 1. The Labute approximate surface area is 256 Å². The number of amides is 1. The summed E-state index contributed by atoms with van der Waals surface area (Å²) in [6.07, 6.45) is 4.32. The zero-order valence-electron chi connectivity index (χ0n) is 25.9. The molecule has 1 fully saturated rings. The van der Waals surface area contributed by atoms with Crippen LogP contribution in [-0.2, 0) is 27.3 Å². The van der Waals surface area contributed by atoms with Crippen molar-refractivity contribution in [2.75, 3.05) is 36.5 Å². The van der Waals surface area contributed by atoms with Gasteiger partial charge in [0.05, 0.1) is 24.9 Å². The second-order valence-corrected chi connectivity index (χ2v) is 18.4. The van der Waals surface area contributed by atoms with Gasteiger partial charge < -0.3 is 15.0 Å². The summed E-state index contributed by atoms with van der Waals surface area (Å²) in [5, 5.41) is 6.49. The standard InChI is InChI=1S/C29H42F3N7O4Si/c1-19-16-38(28-33-13-23(14-34-28)21-6-7-21)9-8-22(19)12-25(40)37-43-17-20(2)36-24-15-35-39(18-42-10-11-44(3,4)5)27(41)26(24)29(30,31)32/h8,13-15,19-21,36H,6-7,9-12,16-18H2,1-5H3,(H,37,40)/t19?,20-/m0/s1. The lowest BCUT2D eigenvalue weighted by atomic mass is 9.94. The van der Waals surface area contributed by atoms with Crippen molar-refractivity contribution in [3.05, 3.63) is 51.7 Å². The van der Waals surface area contributed by atoms with Crippen molar-refractivity contribution in [3.8, 4) is 0 Å². The van der Waals surface area contributed by atoms with E-state index in [9.17, 15) is 22.8 Å². The minimum atomic E-state index is -4.91. The lowest BCUT2D eigenvalue weighted by Gasteiger charge is -2.31. The first kappa shape index (κ1) is 33.6. The zero-order chi connectivity index (χ0) is 32.1. The summed E-state index contributed by atoms with van der Waals surface area (Å²) in [7, 11) is -1.40. The Morgan fingerprint density at radius 3 is 2.50 bits per heavy atom. The number of nitrogens with zero attached hydrogens (tertiary/aromatic N) is 5.